The number of pyridine rings is 2. The minimum Gasteiger partial charge on any atom is -0.482 e. The molecule has 1 fully saturated rings. The number of ether oxygens (including phenoxy) is 1. The second-order valence-corrected chi connectivity index (χ2v) is 8.79. The summed E-state index contributed by atoms with van der Waals surface area (Å²) in [6, 6.07) is 11.3. The third-order valence-corrected chi connectivity index (χ3v) is 6.33. The van der Waals surface area contributed by atoms with Crippen LogP contribution in [-0.2, 0) is 4.79 Å². The van der Waals surface area contributed by atoms with E-state index >= 15 is 0 Å². The second-order valence-electron chi connectivity index (χ2n) is 8.79. The first-order chi connectivity index (χ1) is 17.4. The van der Waals surface area contributed by atoms with Crippen LogP contribution in [0.2, 0.25) is 0 Å². The Morgan fingerprint density at radius 2 is 1.94 bits per heavy atom. The first-order valence-electron chi connectivity index (χ1n) is 11.7. The fourth-order valence-electron chi connectivity index (χ4n) is 4.47. The predicted molar refractivity (Wildman–Crippen MR) is 133 cm³/mol. The van der Waals surface area contributed by atoms with Crippen molar-refractivity contribution in [3.63, 3.8) is 0 Å². The van der Waals surface area contributed by atoms with Crippen LogP contribution in [0.5, 0.6) is 5.75 Å². The number of nitrogens with one attached hydrogen (secondary N) is 2. The molecule has 36 heavy (non-hydrogen) atoms. The van der Waals surface area contributed by atoms with Gasteiger partial charge in [0.1, 0.15) is 17.4 Å². The van der Waals surface area contributed by atoms with Gasteiger partial charge in [-0.1, -0.05) is 25.0 Å². The number of amides is 2. The molecule has 0 radical (unpaired) electrons. The van der Waals surface area contributed by atoms with Crippen LogP contribution < -0.4 is 31.7 Å². The van der Waals surface area contributed by atoms with Gasteiger partial charge < -0.3 is 26.8 Å². The zero-order valence-electron chi connectivity index (χ0n) is 19.4. The minimum absolute atomic E-state index is 0.00931. The van der Waals surface area contributed by atoms with Crippen molar-refractivity contribution in [1.82, 2.24) is 9.97 Å². The number of aromatic nitrogens is 2. The van der Waals surface area contributed by atoms with Crippen LogP contribution in [0.4, 0.5) is 33.2 Å². The van der Waals surface area contributed by atoms with E-state index in [-0.39, 0.29) is 41.8 Å². The fraction of sp³-hybridized carbons (Fsp3) is 0.280. The Morgan fingerprint density at radius 1 is 1.14 bits per heavy atom. The molecule has 0 bridgehead atoms. The Morgan fingerprint density at radius 3 is 2.69 bits per heavy atom. The van der Waals surface area contributed by atoms with Crippen LogP contribution in [0.3, 0.4) is 0 Å². The van der Waals surface area contributed by atoms with Gasteiger partial charge in [0.25, 0.3) is 11.8 Å². The number of para-hydroxylation sites is 2. The van der Waals surface area contributed by atoms with Crippen LogP contribution in [0, 0.1) is 5.82 Å². The van der Waals surface area contributed by atoms with E-state index in [1.165, 1.54) is 11.1 Å². The number of carbonyl (C=O) groups is 2. The molecule has 11 heteroatoms. The van der Waals surface area contributed by atoms with Gasteiger partial charge in [-0.25, -0.2) is 14.4 Å². The molecule has 5 rings (SSSR count). The van der Waals surface area contributed by atoms with Gasteiger partial charge in [0, 0.05) is 12.1 Å². The van der Waals surface area contributed by atoms with Crippen molar-refractivity contribution in [2.45, 2.75) is 37.8 Å². The van der Waals surface area contributed by atoms with Crippen LogP contribution in [0.25, 0.3) is 0 Å². The van der Waals surface area contributed by atoms with E-state index in [4.69, 9.17) is 16.2 Å². The van der Waals surface area contributed by atoms with E-state index in [2.05, 4.69) is 20.6 Å². The van der Waals surface area contributed by atoms with Crippen LogP contribution in [0.15, 0.2) is 48.7 Å². The van der Waals surface area contributed by atoms with E-state index < -0.39 is 11.7 Å². The number of nitrogens with zero attached hydrogens (tertiary/aromatic N) is 3. The van der Waals surface area contributed by atoms with Crippen LogP contribution in [0.1, 0.15) is 36.0 Å². The summed E-state index contributed by atoms with van der Waals surface area (Å²) in [5.74, 6) is -0.717. The summed E-state index contributed by atoms with van der Waals surface area (Å²) in [6.45, 7) is -0.0966. The lowest BCUT2D eigenvalue weighted by Crippen LogP contribution is -2.43. The molecule has 6 N–H and O–H groups in total. The normalized spacial score (nSPS) is 19.3. The van der Waals surface area contributed by atoms with Gasteiger partial charge in [-0.2, -0.15) is 0 Å². The Bertz CT molecular complexity index is 1300. The number of benzene rings is 1. The quantitative estimate of drug-likeness (QED) is 0.411. The Balaban J connectivity index is 1.41. The molecule has 0 spiro atoms. The van der Waals surface area contributed by atoms with Crippen molar-refractivity contribution in [3.8, 4) is 5.75 Å². The maximum absolute atomic E-state index is 14.8. The molecule has 1 unspecified atom stereocenters. The van der Waals surface area contributed by atoms with Gasteiger partial charge in [0.2, 0.25) is 0 Å². The number of halogens is 1. The summed E-state index contributed by atoms with van der Waals surface area (Å²) in [4.78, 5) is 34.7. The zero-order chi connectivity index (χ0) is 25.2. The monoisotopic (exact) mass is 491 g/mol. The van der Waals surface area contributed by atoms with Crippen LogP contribution in [-0.4, -0.2) is 40.5 Å². The van der Waals surface area contributed by atoms with E-state index in [0.717, 1.165) is 31.7 Å². The average molecular weight is 492 g/mol. The molecular weight excluding hydrogens is 465 g/mol. The highest BCUT2D eigenvalue weighted by molar-refractivity contribution is 6.03. The number of carbonyl (C=O) groups excluding carboxylic acids is 2. The molecule has 3 heterocycles. The third-order valence-electron chi connectivity index (χ3n) is 6.33. The largest absolute Gasteiger partial charge is 0.482 e. The van der Waals surface area contributed by atoms with Crippen molar-refractivity contribution < 1.29 is 18.7 Å². The molecule has 1 aliphatic heterocycles. The minimum atomic E-state index is -0.829. The topological polar surface area (TPSA) is 148 Å². The van der Waals surface area contributed by atoms with E-state index in [1.807, 2.05) is 6.07 Å². The number of fused-ring (bicyclic) bond motifs is 1. The van der Waals surface area contributed by atoms with Crippen molar-refractivity contribution in [3.05, 3.63) is 60.0 Å². The molecular formula is C25H26FN7O3. The maximum Gasteiger partial charge on any atom is 0.270 e. The Labute approximate surface area is 206 Å². The third kappa shape index (κ3) is 4.65. The summed E-state index contributed by atoms with van der Waals surface area (Å²) >= 11 is 0. The SMILES string of the molecule is NC(=O)c1cc(F)c(NC2CCCC[C@@H]2N)nc1Nc1ccc(N2C(=O)COc3ccccc32)nc1. The second kappa shape index (κ2) is 9.78. The first kappa shape index (κ1) is 23.5. The molecule has 2 aromatic heterocycles. The van der Waals surface area contributed by atoms with Crippen molar-refractivity contribution >= 4 is 40.6 Å². The summed E-state index contributed by atoms with van der Waals surface area (Å²) in [5.41, 5.74) is 12.6. The lowest BCUT2D eigenvalue weighted by atomic mass is 9.91. The maximum atomic E-state index is 14.8. The molecule has 3 aromatic rings. The average Bonchev–Trinajstić information content (AvgIpc) is 2.87. The van der Waals surface area contributed by atoms with Crippen molar-refractivity contribution in [1.29, 1.82) is 0 Å². The van der Waals surface area contributed by atoms with Gasteiger partial charge in [-0.3, -0.25) is 14.5 Å². The highest BCUT2D eigenvalue weighted by Gasteiger charge is 2.28. The molecule has 2 aliphatic rings. The summed E-state index contributed by atoms with van der Waals surface area (Å²) < 4.78 is 20.2. The predicted octanol–water partition coefficient (Wildman–Crippen LogP) is 3.20. The van der Waals surface area contributed by atoms with E-state index in [0.29, 0.717) is 22.9 Å². The van der Waals surface area contributed by atoms with Gasteiger partial charge in [-0.15, -0.1) is 0 Å². The zero-order valence-corrected chi connectivity index (χ0v) is 19.4. The highest BCUT2D eigenvalue weighted by Crippen LogP contribution is 2.36. The van der Waals surface area contributed by atoms with Gasteiger partial charge >= 0.3 is 0 Å². The molecule has 0 saturated heterocycles. The van der Waals surface area contributed by atoms with Gasteiger partial charge in [-0.05, 0) is 43.2 Å². The standard InChI is InChI=1S/C25H26FN7O3/c26-16-11-15(23(28)35)24(32-25(16)31-18-6-2-1-5-17(18)27)30-14-9-10-21(29-12-14)33-19-7-3-4-8-20(19)36-13-22(33)34/h3-4,7-12,17-18H,1-2,5-6,13,27H2,(H2,28,35)(H2,30,31,32)/t17-,18?/m0/s1. The smallest absolute Gasteiger partial charge is 0.270 e. The van der Waals surface area contributed by atoms with Gasteiger partial charge in [0.15, 0.2) is 18.2 Å². The summed E-state index contributed by atoms with van der Waals surface area (Å²) in [6.07, 6.45) is 5.16. The molecule has 10 nitrogen and oxygen atoms in total. The first-order valence-corrected chi connectivity index (χ1v) is 11.7. The fourth-order valence-corrected chi connectivity index (χ4v) is 4.47. The lowest BCUT2D eigenvalue weighted by Gasteiger charge is -2.30. The number of nitrogens with two attached hydrogens (primary N) is 2. The molecule has 2 atom stereocenters. The molecule has 1 aromatic carbocycles. The number of anilines is 5. The lowest BCUT2D eigenvalue weighted by molar-refractivity contribution is -0.120. The van der Waals surface area contributed by atoms with E-state index in [9.17, 15) is 14.0 Å². The number of rotatable bonds is 6. The van der Waals surface area contributed by atoms with Crippen molar-refractivity contribution in [2.75, 3.05) is 22.1 Å². The molecule has 2 amide bonds. The van der Waals surface area contributed by atoms with Crippen LogP contribution >= 0.6 is 0 Å². The summed E-state index contributed by atoms with van der Waals surface area (Å²) in [7, 11) is 0. The number of primary amides is 1. The molecule has 186 valence electrons. The Kier molecular flexibility index (Phi) is 6.38. The number of hydrogen-bond donors (Lipinski definition) is 4. The Hall–Kier alpha value is -4.25. The van der Waals surface area contributed by atoms with E-state index in [1.54, 1.807) is 30.3 Å². The highest BCUT2D eigenvalue weighted by atomic mass is 19.1. The van der Waals surface area contributed by atoms with Gasteiger partial charge in [0.05, 0.1) is 23.1 Å². The number of hydrogen-bond acceptors (Lipinski definition) is 8. The summed E-state index contributed by atoms with van der Waals surface area (Å²) in [5, 5.41) is 6.07. The molecule has 1 aliphatic carbocycles. The molecule has 1 saturated carbocycles. The van der Waals surface area contributed by atoms with Crippen molar-refractivity contribution in [2.24, 2.45) is 11.5 Å².